The van der Waals surface area contributed by atoms with Gasteiger partial charge in [-0.15, -0.1) is 0 Å². The first-order chi connectivity index (χ1) is 8.77. The largest absolute Gasteiger partial charge is 0.509 e. The van der Waals surface area contributed by atoms with Crippen LogP contribution in [0.4, 0.5) is 4.79 Å². The number of hydrogen-bond donors (Lipinski definition) is 1. The molecule has 0 aliphatic rings. The van der Waals surface area contributed by atoms with Gasteiger partial charge < -0.3 is 14.6 Å². The zero-order valence-corrected chi connectivity index (χ0v) is 10.3. The van der Waals surface area contributed by atoms with Gasteiger partial charge in [0.05, 0.1) is 7.11 Å². The number of carbonyl (C=O) groups is 1. The number of carbonyl (C=O) groups excluding carboxylic acids is 1. The molecular weight excluding hydrogens is 232 g/mol. The maximum absolute atomic E-state index is 11.1. The molecule has 1 unspecified atom stereocenters. The lowest BCUT2D eigenvalue weighted by Gasteiger charge is -2.11. The number of hydrogen-bond acceptors (Lipinski definition) is 4. The first-order valence-corrected chi connectivity index (χ1v) is 5.66. The Hall–Kier alpha value is -1.99. The molecule has 0 aromatic heterocycles. The lowest BCUT2D eigenvalue weighted by Crippen LogP contribution is -2.09. The van der Waals surface area contributed by atoms with Crippen LogP contribution in [0, 0.1) is 11.8 Å². The van der Waals surface area contributed by atoms with E-state index in [1.165, 1.54) is 7.11 Å². The van der Waals surface area contributed by atoms with E-state index < -0.39 is 12.3 Å². The van der Waals surface area contributed by atoms with E-state index in [1.54, 1.807) is 0 Å². The zero-order valence-electron chi connectivity index (χ0n) is 10.3. The summed E-state index contributed by atoms with van der Waals surface area (Å²) >= 11 is 0. The molecule has 1 N–H and O–H groups in total. The van der Waals surface area contributed by atoms with Crippen LogP contribution in [-0.2, 0) is 9.47 Å². The van der Waals surface area contributed by atoms with Gasteiger partial charge in [-0.25, -0.2) is 4.79 Å². The average molecular weight is 248 g/mol. The Balaban J connectivity index is 2.74. The van der Waals surface area contributed by atoms with Crippen molar-refractivity contribution in [2.45, 2.75) is 18.9 Å². The summed E-state index contributed by atoms with van der Waals surface area (Å²) in [6.07, 6.45) is -0.241. The fraction of sp³-hybridized carbons (Fsp3) is 0.357. The van der Waals surface area contributed by atoms with Crippen LogP contribution >= 0.6 is 0 Å². The highest BCUT2D eigenvalue weighted by atomic mass is 16.7. The molecule has 0 heterocycles. The van der Waals surface area contributed by atoms with E-state index in [9.17, 15) is 4.79 Å². The third kappa shape index (κ3) is 4.89. The predicted octanol–water partition coefficient (Wildman–Crippen LogP) is 2.29. The second kappa shape index (κ2) is 8.15. The monoisotopic (exact) mass is 248 g/mol. The minimum Gasteiger partial charge on any atom is -0.438 e. The third-order valence-corrected chi connectivity index (χ3v) is 2.18. The molecule has 96 valence electrons. The summed E-state index contributed by atoms with van der Waals surface area (Å²) in [6.45, 7) is 0.0997. The summed E-state index contributed by atoms with van der Waals surface area (Å²) < 4.78 is 9.53. The topological polar surface area (TPSA) is 55.8 Å². The highest BCUT2D eigenvalue weighted by Gasteiger charge is 2.13. The Morgan fingerprint density at radius 3 is 2.72 bits per heavy atom. The summed E-state index contributed by atoms with van der Waals surface area (Å²) in [5.74, 6) is 5.72. The Morgan fingerprint density at radius 1 is 1.39 bits per heavy atom. The first kappa shape index (κ1) is 14.1. The van der Waals surface area contributed by atoms with Crippen LogP contribution in [0.1, 0.15) is 24.5 Å². The van der Waals surface area contributed by atoms with Gasteiger partial charge in [-0.05, 0) is 6.42 Å². The summed E-state index contributed by atoms with van der Waals surface area (Å²) in [6, 6.07) is 9.22. The van der Waals surface area contributed by atoms with Crippen LogP contribution in [0.3, 0.4) is 0 Å². The van der Waals surface area contributed by atoms with Gasteiger partial charge in [0, 0.05) is 18.6 Å². The van der Waals surface area contributed by atoms with Crippen molar-refractivity contribution < 1.29 is 19.4 Å². The molecule has 4 nitrogen and oxygen atoms in total. The molecule has 0 aliphatic heterocycles. The smallest absolute Gasteiger partial charge is 0.438 e. The maximum Gasteiger partial charge on any atom is 0.509 e. The van der Waals surface area contributed by atoms with E-state index in [-0.39, 0.29) is 6.61 Å². The Labute approximate surface area is 107 Å². The van der Waals surface area contributed by atoms with Crippen molar-refractivity contribution in [3.63, 3.8) is 0 Å². The van der Waals surface area contributed by atoms with Gasteiger partial charge in [-0.1, -0.05) is 42.2 Å². The number of benzene rings is 1. The van der Waals surface area contributed by atoms with Crippen molar-refractivity contribution in [1.29, 1.82) is 0 Å². The first-order valence-electron chi connectivity index (χ1n) is 5.66. The van der Waals surface area contributed by atoms with Gasteiger partial charge in [0.25, 0.3) is 0 Å². The maximum atomic E-state index is 11.1. The van der Waals surface area contributed by atoms with E-state index in [4.69, 9.17) is 9.84 Å². The Bertz CT molecular complexity index is 416. The lowest BCUT2D eigenvalue weighted by molar-refractivity contribution is 0.0549. The SMILES string of the molecule is COC(=O)OC(C#CCCCO)c1ccccc1. The molecule has 1 aromatic carbocycles. The van der Waals surface area contributed by atoms with Crippen LogP contribution in [0.25, 0.3) is 0 Å². The molecule has 1 aromatic rings. The van der Waals surface area contributed by atoms with Gasteiger partial charge in [-0.3, -0.25) is 0 Å². The van der Waals surface area contributed by atoms with E-state index in [2.05, 4.69) is 16.6 Å². The number of aliphatic hydroxyl groups excluding tert-OH is 1. The normalized spacial score (nSPS) is 11.0. The quantitative estimate of drug-likeness (QED) is 0.504. The van der Waals surface area contributed by atoms with Gasteiger partial charge >= 0.3 is 6.16 Å². The fourth-order valence-electron chi connectivity index (χ4n) is 1.29. The molecule has 0 saturated carbocycles. The molecule has 0 bridgehead atoms. The Morgan fingerprint density at radius 2 is 2.11 bits per heavy atom. The minimum absolute atomic E-state index is 0.0997. The van der Waals surface area contributed by atoms with Crippen molar-refractivity contribution in [2.75, 3.05) is 13.7 Å². The highest BCUT2D eigenvalue weighted by Crippen LogP contribution is 2.16. The second-order valence-electron chi connectivity index (χ2n) is 3.51. The van der Waals surface area contributed by atoms with E-state index in [0.717, 1.165) is 5.56 Å². The molecule has 0 spiro atoms. The van der Waals surface area contributed by atoms with Crippen LogP contribution in [0.2, 0.25) is 0 Å². The zero-order chi connectivity index (χ0) is 13.2. The molecule has 0 saturated heterocycles. The average Bonchev–Trinajstić information content (AvgIpc) is 2.43. The molecule has 18 heavy (non-hydrogen) atoms. The van der Waals surface area contributed by atoms with Crippen LogP contribution in [0.5, 0.6) is 0 Å². The molecule has 4 heteroatoms. The number of ether oxygens (including phenoxy) is 2. The minimum atomic E-state index is -0.764. The van der Waals surface area contributed by atoms with Gasteiger partial charge in [-0.2, -0.15) is 0 Å². The van der Waals surface area contributed by atoms with Crippen LogP contribution in [0.15, 0.2) is 30.3 Å². The molecule has 0 amide bonds. The number of rotatable bonds is 4. The predicted molar refractivity (Wildman–Crippen MR) is 66.8 cm³/mol. The third-order valence-electron chi connectivity index (χ3n) is 2.18. The van der Waals surface area contributed by atoms with Crippen molar-refractivity contribution >= 4 is 6.16 Å². The van der Waals surface area contributed by atoms with Gasteiger partial charge in [0.15, 0.2) is 6.10 Å². The molecule has 0 aliphatic carbocycles. The van der Waals surface area contributed by atoms with Crippen molar-refractivity contribution in [2.24, 2.45) is 0 Å². The molecule has 1 atom stereocenters. The van der Waals surface area contributed by atoms with Crippen LogP contribution in [-0.4, -0.2) is 25.0 Å². The Kier molecular flexibility index (Phi) is 6.37. The van der Waals surface area contributed by atoms with Crippen molar-refractivity contribution in [3.05, 3.63) is 35.9 Å². The second-order valence-corrected chi connectivity index (χ2v) is 3.51. The molecular formula is C14H16O4. The summed E-state index contributed by atoms with van der Waals surface area (Å²) in [5, 5.41) is 8.66. The van der Waals surface area contributed by atoms with Crippen LogP contribution < -0.4 is 0 Å². The fourth-order valence-corrected chi connectivity index (χ4v) is 1.29. The molecule has 1 rings (SSSR count). The molecule has 0 radical (unpaired) electrons. The van der Waals surface area contributed by atoms with Crippen molar-refractivity contribution in [3.8, 4) is 11.8 Å². The molecule has 0 fully saturated rings. The van der Waals surface area contributed by atoms with Gasteiger partial charge in [0.2, 0.25) is 0 Å². The van der Waals surface area contributed by atoms with E-state index in [1.807, 2.05) is 30.3 Å². The highest BCUT2D eigenvalue weighted by molar-refractivity contribution is 5.60. The lowest BCUT2D eigenvalue weighted by atomic mass is 10.1. The summed E-state index contributed by atoms with van der Waals surface area (Å²) in [4.78, 5) is 11.1. The van der Waals surface area contributed by atoms with Crippen molar-refractivity contribution in [1.82, 2.24) is 0 Å². The summed E-state index contributed by atoms with van der Waals surface area (Å²) in [5.41, 5.74) is 0.791. The van der Waals surface area contributed by atoms with E-state index in [0.29, 0.717) is 12.8 Å². The number of unbranched alkanes of at least 4 members (excludes halogenated alkanes) is 1. The van der Waals surface area contributed by atoms with E-state index >= 15 is 0 Å². The number of aliphatic hydroxyl groups is 1. The summed E-state index contributed by atoms with van der Waals surface area (Å²) in [7, 11) is 1.25. The van der Waals surface area contributed by atoms with Gasteiger partial charge in [0.1, 0.15) is 0 Å². The number of methoxy groups -OCH3 is 1. The standard InChI is InChI=1S/C14H16O4/c1-17-14(16)18-13(10-6-3-7-11-15)12-8-4-2-5-9-12/h2,4-5,8-9,13,15H,3,7,11H2,1H3.